The second-order valence-corrected chi connectivity index (χ2v) is 10.9. The largest absolute Gasteiger partial charge is 0.504 e. The van der Waals surface area contributed by atoms with Crippen molar-refractivity contribution in [3.8, 4) is 11.5 Å². The SMILES string of the molecule is CC(C)(C)c1ccc(O)c(O)c1.O=C1C=CC(=O)c2ccccc21.c1ccc2c(c1)Nc1ccccc1S2. The van der Waals surface area contributed by atoms with Gasteiger partial charge in [-0.2, -0.15) is 0 Å². The zero-order valence-corrected chi connectivity index (χ0v) is 22.3. The predicted octanol–water partition coefficient (Wildman–Crippen LogP) is 7.91. The lowest BCUT2D eigenvalue weighted by Crippen LogP contribution is -2.10. The number of para-hydroxylation sites is 2. The molecule has 2 aliphatic rings. The summed E-state index contributed by atoms with van der Waals surface area (Å²) in [5.74, 6) is -0.305. The van der Waals surface area contributed by atoms with E-state index in [9.17, 15) is 14.7 Å². The molecule has 6 rings (SSSR count). The van der Waals surface area contributed by atoms with E-state index in [0.717, 1.165) is 5.56 Å². The second-order valence-electron chi connectivity index (χ2n) is 9.78. The van der Waals surface area contributed by atoms with Crippen molar-refractivity contribution in [3.63, 3.8) is 0 Å². The van der Waals surface area contributed by atoms with Crippen LogP contribution >= 0.6 is 11.8 Å². The maximum atomic E-state index is 11.2. The number of hydrogen-bond donors (Lipinski definition) is 3. The monoisotopic (exact) mass is 523 g/mol. The van der Waals surface area contributed by atoms with E-state index < -0.39 is 0 Å². The Morgan fingerprint density at radius 1 is 0.632 bits per heavy atom. The number of carbonyl (C=O) groups is 2. The maximum absolute atomic E-state index is 11.2. The summed E-state index contributed by atoms with van der Waals surface area (Å²) >= 11 is 1.82. The van der Waals surface area contributed by atoms with Crippen LogP contribution in [0.25, 0.3) is 0 Å². The summed E-state index contributed by atoms with van der Waals surface area (Å²) < 4.78 is 0. The topological polar surface area (TPSA) is 86.6 Å². The minimum Gasteiger partial charge on any atom is -0.504 e. The molecule has 4 aromatic rings. The summed E-state index contributed by atoms with van der Waals surface area (Å²) in [6, 6.07) is 28.5. The molecule has 0 saturated carbocycles. The van der Waals surface area contributed by atoms with Crippen LogP contribution in [-0.4, -0.2) is 21.8 Å². The van der Waals surface area contributed by atoms with E-state index in [4.69, 9.17) is 5.11 Å². The third-order valence-corrected chi connectivity index (χ3v) is 7.10. The molecule has 0 unspecified atom stereocenters. The quantitative estimate of drug-likeness (QED) is 0.179. The lowest BCUT2D eigenvalue weighted by Gasteiger charge is -2.19. The number of phenolic OH excluding ortho intramolecular Hbond substituents is 2. The standard InChI is InChI=1S/C12H9NS.C10H6O2.C10H14O2/c1-3-7-11-9(5-1)13-10-6-2-4-8-12(10)14-11;11-9-5-6-10(12)8-4-2-1-3-7(8)9;1-10(2,3)7-4-5-8(11)9(12)6-7/h1-8,13H;1-6H;4-6,11-12H,1-3H3. The first-order valence-corrected chi connectivity index (χ1v) is 13.0. The van der Waals surface area contributed by atoms with Crippen molar-refractivity contribution in [2.75, 3.05) is 5.32 Å². The molecule has 4 aromatic carbocycles. The van der Waals surface area contributed by atoms with E-state index >= 15 is 0 Å². The molecule has 1 aliphatic carbocycles. The maximum Gasteiger partial charge on any atom is 0.186 e. The molecule has 38 heavy (non-hydrogen) atoms. The van der Waals surface area contributed by atoms with E-state index in [1.54, 1.807) is 30.3 Å². The molecule has 0 radical (unpaired) electrons. The average Bonchev–Trinajstić information content (AvgIpc) is 2.91. The van der Waals surface area contributed by atoms with Crippen LogP contribution in [-0.2, 0) is 5.41 Å². The van der Waals surface area contributed by atoms with Crippen LogP contribution in [0.4, 0.5) is 11.4 Å². The van der Waals surface area contributed by atoms with Gasteiger partial charge in [-0.15, -0.1) is 0 Å². The van der Waals surface area contributed by atoms with Crippen molar-refractivity contribution in [2.45, 2.75) is 36.0 Å². The predicted molar refractivity (Wildman–Crippen MR) is 153 cm³/mol. The first-order chi connectivity index (χ1) is 18.1. The first kappa shape index (κ1) is 26.8. The van der Waals surface area contributed by atoms with Crippen LogP contribution in [0.1, 0.15) is 47.1 Å². The van der Waals surface area contributed by atoms with Crippen LogP contribution in [0.3, 0.4) is 0 Å². The molecule has 1 aliphatic heterocycles. The van der Waals surface area contributed by atoms with Crippen molar-refractivity contribution < 1.29 is 19.8 Å². The summed E-state index contributed by atoms with van der Waals surface area (Å²) in [6.45, 7) is 6.16. The Labute approximate surface area is 226 Å². The van der Waals surface area contributed by atoms with Gasteiger partial charge in [-0.05, 0) is 59.5 Å². The summed E-state index contributed by atoms with van der Waals surface area (Å²) in [5.41, 5.74) is 4.44. The van der Waals surface area contributed by atoms with E-state index in [0.29, 0.717) is 11.1 Å². The summed E-state index contributed by atoms with van der Waals surface area (Å²) in [7, 11) is 0. The van der Waals surface area contributed by atoms with Crippen molar-refractivity contribution >= 4 is 34.7 Å². The van der Waals surface area contributed by atoms with Gasteiger partial charge in [0.15, 0.2) is 23.1 Å². The minimum atomic E-state index is -0.0924. The highest BCUT2D eigenvalue weighted by Gasteiger charge is 2.17. The van der Waals surface area contributed by atoms with Gasteiger partial charge in [-0.3, -0.25) is 9.59 Å². The molecule has 0 fully saturated rings. The molecule has 3 N–H and O–H groups in total. The lowest BCUT2D eigenvalue weighted by atomic mass is 9.87. The van der Waals surface area contributed by atoms with Gasteiger partial charge in [0.05, 0.1) is 11.4 Å². The number of ketones is 2. The van der Waals surface area contributed by atoms with Crippen molar-refractivity contribution in [1.29, 1.82) is 0 Å². The fourth-order valence-electron chi connectivity index (χ4n) is 3.82. The van der Waals surface area contributed by atoms with Gasteiger partial charge in [0.1, 0.15) is 0 Å². The normalized spacial score (nSPS) is 12.9. The van der Waals surface area contributed by atoms with Gasteiger partial charge in [-0.25, -0.2) is 0 Å². The molecule has 0 spiro atoms. The third-order valence-electron chi connectivity index (χ3n) is 5.95. The number of benzene rings is 4. The Balaban J connectivity index is 0.000000134. The smallest absolute Gasteiger partial charge is 0.186 e. The van der Waals surface area contributed by atoms with Gasteiger partial charge < -0.3 is 15.5 Å². The first-order valence-electron chi connectivity index (χ1n) is 12.1. The molecule has 0 aromatic heterocycles. The number of fused-ring (bicyclic) bond motifs is 3. The number of rotatable bonds is 0. The second kappa shape index (κ2) is 11.4. The van der Waals surface area contributed by atoms with Crippen LogP contribution in [0, 0.1) is 0 Å². The zero-order valence-electron chi connectivity index (χ0n) is 21.4. The molecular formula is C32H29NO4S. The lowest BCUT2D eigenvalue weighted by molar-refractivity contribution is 0.0994. The van der Waals surface area contributed by atoms with E-state index in [2.05, 4.69) is 74.6 Å². The fraction of sp³-hybridized carbons (Fsp3) is 0.125. The summed E-state index contributed by atoms with van der Waals surface area (Å²) in [5, 5.41) is 21.7. The van der Waals surface area contributed by atoms with Crippen molar-refractivity contribution in [2.24, 2.45) is 0 Å². The minimum absolute atomic E-state index is 0.00514. The Kier molecular flexibility index (Phi) is 8.03. The van der Waals surface area contributed by atoms with E-state index in [1.807, 2.05) is 17.8 Å². The average molecular weight is 524 g/mol. The Hall–Kier alpha value is -4.29. The number of anilines is 2. The molecule has 0 atom stereocenters. The third kappa shape index (κ3) is 6.33. The number of hydrogen-bond acceptors (Lipinski definition) is 6. The van der Waals surface area contributed by atoms with Gasteiger partial charge in [-0.1, -0.05) is 87.1 Å². The highest BCUT2D eigenvalue weighted by Crippen LogP contribution is 2.43. The fourth-order valence-corrected chi connectivity index (χ4v) is 4.80. The molecule has 0 bridgehead atoms. The summed E-state index contributed by atoms with van der Waals surface area (Å²) in [6.07, 6.45) is 2.62. The van der Waals surface area contributed by atoms with Crippen LogP contribution in [0.15, 0.2) is 113 Å². The Morgan fingerprint density at radius 3 is 1.58 bits per heavy atom. The molecule has 192 valence electrons. The number of nitrogens with one attached hydrogen (secondary N) is 1. The van der Waals surface area contributed by atoms with Gasteiger partial charge >= 0.3 is 0 Å². The number of carbonyl (C=O) groups excluding carboxylic acids is 2. The highest BCUT2D eigenvalue weighted by atomic mass is 32.2. The van der Waals surface area contributed by atoms with Gasteiger partial charge in [0, 0.05) is 20.9 Å². The molecule has 0 saturated heterocycles. The van der Waals surface area contributed by atoms with Crippen LogP contribution < -0.4 is 5.32 Å². The molecule has 6 heteroatoms. The Morgan fingerprint density at radius 2 is 1.11 bits per heavy atom. The van der Waals surface area contributed by atoms with E-state index in [-0.39, 0.29) is 28.5 Å². The van der Waals surface area contributed by atoms with Crippen LogP contribution in [0.5, 0.6) is 11.5 Å². The molecule has 5 nitrogen and oxygen atoms in total. The van der Waals surface area contributed by atoms with Crippen molar-refractivity contribution in [3.05, 3.63) is 120 Å². The van der Waals surface area contributed by atoms with Crippen LogP contribution in [0.2, 0.25) is 0 Å². The van der Waals surface area contributed by atoms with Gasteiger partial charge in [0.2, 0.25) is 0 Å². The molecular weight excluding hydrogens is 494 g/mol. The molecule has 1 heterocycles. The number of allylic oxidation sites excluding steroid dienone is 2. The molecule has 0 amide bonds. The zero-order chi connectivity index (χ0) is 27.3. The van der Waals surface area contributed by atoms with Crippen molar-refractivity contribution in [1.82, 2.24) is 0 Å². The number of aromatic hydroxyl groups is 2. The Bertz CT molecular complexity index is 1390. The van der Waals surface area contributed by atoms with E-state index in [1.165, 1.54) is 39.4 Å². The highest BCUT2D eigenvalue weighted by molar-refractivity contribution is 7.99. The summed E-state index contributed by atoms with van der Waals surface area (Å²) in [4.78, 5) is 25.0. The number of phenols is 2. The van der Waals surface area contributed by atoms with Gasteiger partial charge in [0.25, 0.3) is 0 Å².